The molecule has 1 rings (SSSR count). The molecule has 0 saturated carbocycles. The number of nitrogens with zero attached hydrogens (tertiary/aromatic N) is 1. The highest BCUT2D eigenvalue weighted by molar-refractivity contribution is 7.92. The molecule has 0 atom stereocenters. The average Bonchev–Trinajstić information content (AvgIpc) is 2.44. The van der Waals surface area contributed by atoms with Crippen molar-refractivity contribution in [2.24, 2.45) is 0 Å². The van der Waals surface area contributed by atoms with Gasteiger partial charge in [-0.25, -0.2) is 8.42 Å². The number of unbranched alkanes of at least 4 members (excludes halogenated alkanes) is 2. The summed E-state index contributed by atoms with van der Waals surface area (Å²) in [6, 6.07) is 2.68. The fourth-order valence-corrected chi connectivity index (χ4v) is 3.43. The molecule has 130 valence electrons. The van der Waals surface area contributed by atoms with E-state index in [4.69, 9.17) is 34.8 Å². The number of hydrogen-bond donors (Lipinski definition) is 1. The first-order chi connectivity index (χ1) is 10.7. The molecule has 0 fully saturated rings. The topological polar surface area (TPSA) is 66.5 Å². The van der Waals surface area contributed by atoms with Crippen LogP contribution in [0.1, 0.15) is 26.2 Å². The first-order valence-electron chi connectivity index (χ1n) is 7.05. The van der Waals surface area contributed by atoms with E-state index in [9.17, 15) is 13.2 Å². The van der Waals surface area contributed by atoms with E-state index in [1.54, 1.807) is 0 Å². The zero-order valence-corrected chi connectivity index (χ0v) is 16.0. The highest BCUT2D eigenvalue weighted by Gasteiger charge is 2.24. The van der Waals surface area contributed by atoms with Crippen LogP contribution < -0.4 is 9.62 Å². The molecule has 0 aromatic heterocycles. The zero-order chi connectivity index (χ0) is 17.6. The number of carbonyl (C=O) groups excluding carboxylic acids is 1. The summed E-state index contributed by atoms with van der Waals surface area (Å²) in [5.74, 6) is -0.409. The molecule has 5 nitrogen and oxygen atoms in total. The molecule has 0 aliphatic rings. The van der Waals surface area contributed by atoms with Crippen molar-refractivity contribution in [3.63, 3.8) is 0 Å². The fraction of sp³-hybridized carbons (Fsp3) is 0.500. The van der Waals surface area contributed by atoms with Gasteiger partial charge in [-0.2, -0.15) is 0 Å². The number of rotatable bonds is 8. The molecular formula is C14H19Cl3N2O3S. The van der Waals surface area contributed by atoms with Crippen molar-refractivity contribution in [3.05, 3.63) is 27.2 Å². The Hall–Kier alpha value is -0.690. The molecule has 0 aliphatic heterocycles. The van der Waals surface area contributed by atoms with E-state index < -0.39 is 15.9 Å². The molecular weight excluding hydrogens is 383 g/mol. The van der Waals surface area contributed by atoms with Gasteiger partial charge in [0.15, 0.2) is 0 Å². The van der Waals surface area contributed by atoms with Crippen molar-refractivity contribution in [1.82, 2.24) is 5.32 Å². The number of benzene rings is 1. The van der Waals surface area contributed by atoms with Gasteiger partial charge in [0, 0.05) is 6.54 Å². The van der Waals surface area contributed by atoms with Gasteiger partial charge in [-0.1, -0.05) is 54.6 Å². The molecule has 0 spiro atoms. The van der Waals surface area contributed by atoms with Gasteiger partial charge in [0.25, 0.3) is 0 Å². The van der Waals surface area contributed by atoms with Crippen LogP contribution in [0.15, 0.2) is 12.1 Å². The highest BCUT2D eigenvalue weighted by atomic mass is 35.5. The molecule has 0 heterocycles. The third-order valence-electron chi connectivity index (χ3n) is 3.05. The van der Waals surface area contributed by atoms with Gasteiger partial charge in [0.2, 0.25) is 15.9 Å². The Kier molecular flexibility index (Phi) is 7.94. The molecule has 0 saturated heterocycles. The van der Waals surface area contributed by atoms with Crippen LogP contribution in [0.4, 0.5) is 5.69 Å². The second-order valence-electron chi connectivity index (χ2n) is 5.04. The number of amides is 1. The van der Waals surface area contributed by atoms with Crippen LogP contribution in [0.2, 0.25) is 15.1 Å². The summed E-state index contributed by atoms with van der Waals surface area (Å²) in [5.41, 5.74) is 0.118. The Balaban J connectivity index is 2.95. The maximum Gasteiger partial charge on any atom is 0.240 e. The van der Waals surface area contributed by atoms with E-state index in [2.05, 4.69) is 12.2 Å². The quantitative estimate of drug-likeness (QED) is 0.533. The standard InChI is InChI=1S/C14H19Cl3N2O3S/c1-3-4-5-6-18-14(20)9-19(23(2,21)22)13-8-11(16)10(15)7-12(13)17/h7-8H,3-6,9H2,1-2H3,(H,18,20). The van der Waals surface area contributed by atoms with Gasteiger partial charge in [-0.3, -0.25) is 9.10 Å². The van der Waals surface area contributed by atoms with Crippen LogP contribution in [-0.4, -0.2) is 33.7 Å². The molecule has 23 heavy (non-hydrogen) atoms. The van der Waals surface area contributed by atoms with Gasteiger partial charge >= 0.3 is 0 Å². The van der Waals surface area contributed by atoms with Crippen molar-refractivity contribution in [2.75, 3.05) is 23.7 Å². The monoisotopic (exact) mass is 400 g/mol. The number of nitrogens with one attached hydrogen (secondary N) is 1. The Bertz CT molecular complexity index is 665. The van der Waals surface area contributed by atoms with E-state index in [1.165, 1.54) is 12.1 Å². The summed E-state index contributed by atoms with van der Waals surface area (Å²) in [7, 11) is -3.71. The van der Waals surface area contributed by atoms with Crippen molar-refractivity contribution in [3.8, 4) is 0 Å². The third-order valence-corrected chi connectivity index (χ3v) is 5.20. The summed E-state index contributed by atoms with van der Waals surface area (Å²) in [6.07, 6.45) is 3.86. The van der Waals surface area contributed by atoms with Crippen LogP contribution in [0.25, 0.3) is 0 Å². The lowest BCUT2D eigenvalue weighted by Gasteiger charge is -2.23. The van der Waals surface area contributed by atoms with Crippen LogP contribution >= 0.6 is 34.8 Å². The van der Waals surface area contributed by atoms with E-state index in [-0.39, 0.29) is 27.3 Å². The highest BCUT2D eigenvalue weighted by Crippen LogP contribution is 2.35. The molecule has 0 unspecified atom stereocenters. The van der Waals surface area contributed by atoms with Crippen LogP contribution in [0, 0.1) is 0 Å². The summed E-state index contributed by atoms with van der Waals surface area (Å²) >= 11 is 17.8. The fourth-order valence-electron chi connectivity index (χ4n) is 1.87. The minimum absolute atomic E-state index is 0.101. The average molecular weight is 402 g/mol. The Morgan fingerprint density at radius 3 is 2.30 bits per heavy atom. The van der Waals surface area contributed by atoms with Crippen LogP contribution in [0.3, 0.4) is 0 Å². The molecule has 1 aromatic carbocycles. The van der Waals surface area contributed by atoms with Crippen molar-refractivity contribution >= 4 is 56.4 Å². The van der Waals surface area contributed by atoms with Crippen molar-refractivity contribution in [2.45, 2.75) is 26.2 Å². The van der Waals surface area contributed by atoms with Gasteiger partial charge in [-0.05, 0) is 18.6 Å². The minimum Gasteiger partial charge on any atom is -0.355 e. The van der Waals surface area contributed by atoms with Crippen molar-refractivity contribution < 1.29 is 13.2 Å². The van der Waals surface area contributed by atoms with E-state index in [1.807, 2.05) is 0 Å². The van der Waals surface area contributed by atoms with Crippen LogP contribution in [-0.2, 0) is 14.8 Å². The Morgan fingerprint density at radius 2 is 1.74 bits per heavy atom. The number of sulfonamides is 1. The van der Waals surface area contributed by atoms with Gasteiger partial charge in [0.1, 0.15) is 6.54 Å². The zero-order valence-electron chi connectivity index (χ0n) is 12.9. The van der Waals surface area contributed by atoms with Gasteiger partial charge in [-0.15, -0.1) is 0 Å². The predicted octanol–water partition coefficient (Wildman–Crippen LogP) is 3.72. The number of anilines is 1. The lowest BCUT2D eigenvalue weighted by Crippen LogP contribution is -2.40. The smallest absolute Gasteiger partial charge is 0.240 e. The molecule has 0 radical (unpaired) electrons. The molecule has 0 aliphatic carbocycles. The summed E-state index contributed by atoms with van der Waals surface area (Å²) < 4.78 is 24.9. The summed E-state index contributed by atoms with van der Waals surface area (Å²) in [5, 5.41) is 3.15. The minimum atomic E-state index is -3.71. The largest absolute Gasteiger partial charge is 0.355 e. The molecule has 9 heteroatoms. The lowest BCUT2D eigenvalue weighted by atomic mass is 10.2. The van der Waals surface area contributed by atoms with Gasteiger partial charge in [0.05, 0.1) is 27.0 Å². The molecule has 1 aromatic rings. The second-order valence-corrected chi connectivity index (χ2v) is 8.17. The lowest BCUT2D eigenvalue weighted by molar-refractivity contribution is -0.119. The third kappa shape index (κ3) is 6.37. The Labute approximate surface area is 151 Å². The molecule has 1 amide bonds. The maximum absolute atomic E-state index is 12.0. The molecule has 1 N–H and O–H groups in total. The van der Waals surface area contributed by atoms with E-state index in [0.29, 0.717) is 6.54 Å². The Morgan fingerprint density at radius 1 is 1.13 bits per heavy atom. The van der Waals surface area contributed by atoms with E-state index in [0.717, 1.165) is 29.8 Å². The predicted molar refractivity (Wildman–Crippen MR) is 96.2 cm³/mol. The summed E-state index contributed by atoms with van der Waals surface area (Å²) in [4.78, 5) is 12.0. The molecule has 0 bridgehead atoms. The SMILES string of the molecule is CCCCCNC(=O)CN(c1cc(Cl)c(Cl)cc1Cl)S(C)(=O)=O. The first-order valence-corrected chi connectivity index (χ1v) is 10.0. The number of hydrogen-bond acceptors (Lipinski definition) is 3. The summed E-state index contributed by atoms with van der Waals surface area (Å²) in [6.45, 7) is 2.18. The second kappa shape index (κ2) is 8.97. The number of carbonyl (C=O) groups is 1. The number of halogens is 3. The van der Waals surface area contributed by atoms with Crippen LogP contribution in [0.5, 0.6) is 0 Å². The first kappa shape index (κ1) is 20.4. The normalized spacial score (nSPS) is 11.3. The van der Waals surface area contributed by atoms with Crippen molar-refractivity contribution in [1.29, 1.82) is 0 Å². The van der Waals surface area contributed by atoms with E-state index >= 15 is 0 Å². The maximum atomic E-state index is 12.0. The van der Waals surface area contributed by atoms with Gasteiger partial charge < -0.3 is 5.32 Å².